The van der Waals surface area contributed by atoms with Crippen LogP contribution in [-0.2, 0) is 0 Å². The van der Waals surface area contributed by atoms with Gasteiger partial charge in [-0.05, 0) is 35.9 Å². The Kier molecular flexibility index (Phi) is 3.50. The third-order valence-electron chi connectivity index (χ3n) is 3.65. The summed E-state index contributed by atoms with van der Waals surface area (Å²) in [6.45, 7) is 0. The molecule has 0 fully saturated rings. The first-order chi connectivity index (χ1) is 11.6. The molecule has 1 N–H and O–H groups in total. The number of nitrogens with one attached hydrogen (secondary N) is 1. The van der Waals surface area contributed by atoms with Crippen molar-refractivity contribution in [3.05, 3.63) is 75.0 Å². The Balaban J connectivity index is 1.82. The fourth-order valence-corrected chi connectivity index (χ4v) is 2.74. The molecule has 2 aromatic carbocycles. The van der Waals surface area contributed by atoms with Crippen LogP contribution in [0.25, 0.3) is 21.9 Å². The van der Waals surface area contributed by atoms with E-state index in [0.717, 1.165) is 14.7 Å². The fourth-order valence-electron chi connectivity index (χ4n) is 2.48. The molecule has 24 heavy (non-hydrogen) atoms. The van der Waals surface area contributed by atoms with Crippen molar-refractivity contribution < 1.29 is 4.39 Å². The molecule has 4 rings (SSSR count). The van der Waals surface area contributed by atoms with Crippen LogP contribution >= 0.6 is 15.9 Å². The second-order valence-corrected chi connectivity index (χ2v) is 6.14. The first-order valence-corrected chi connectivity index (χ1v) is 7.89. The number of hydrogen-bond donors (Lipinski definition) is 1. The molecule has 4 aromatic rings. The Morgan fingerprint density at radius 1 is 1.21 bits per heavy atom. The summed E-state index contributed by atoms with van der Waals surface area (Å²) in [5.41, 5.74) is 1.90. The lowest BCUT2D eigenvalue weighted by atomic mass is 10.2. The Morgan fingerprint density at radius 3 is 2.79 bits per heavy atom. The Hall–Kier alpha value is -2.80. The van der Waals surface area contributed by atoms with Crippen LogP contribution in [0.2, 0.25) is 0 Å². The second kappa shape index (κ2) is 5.68. The Morgan fingerprint density at radius 2 is 2.00 bits per heavy atom. The van der Waals surface area contributed by atoms with Crippen LogP contribution in [0, 0.1) is 5.82 Å². The summed E-state index contributed by atoms with van der Waals surface area (Å²) < 4.78 is 15.5. The molecular weight excluding hydrogens is 375 g/mol. The Labute approximate surface area is 143 Å². The molecule has 0 bridgehead atoms. The van der Waals surface area contributed by atoms with Crippen LogP contribution < -0.4 is 5.56 Å². The molecule has 2 heterocycles. The standard InChI is InChI=1S/C17H10BrFN4O/c18-11-3-1-10(2-4-11)8-21-23-9-20-15-13-7-12(19)5-6-14(13)22-16(15)17(23)24/h1-9,22H. The zero-order valence-corrected chi connectivity index (χ0v) is 13.8. The summed E-state index contributed by atoms with van der Waals surface area (Å²) in [5, 5.41) is 4.73. The minimum atomic E-state index is -0.373. The summed E-state index contributed by atoms with van der Waals surface area (Å²) in [5.74, 6) is -0.373. The second-order valence-electron chi connectivity index (χ2n) is 5.23. The van der Waals surface area contributed by atoms with Gasteiger partial charge in [0.2, 0.25) is 0 Å². The molecule has 0 aliphatic carbocycles. The quantitative estimate of drug-likeness (QED) is 0.536. The van der Waals surface area contributed by atoms with E-state index in [2.05, 4.69) is 31.0 Å². The molecule has 2 aromatic heterocycles. The van der Waals surface area contributed by atoms with Crippen molar-refractivity contribution in [1.82, 2.24) is 14.6 Å². The van der Waals surface area contributed by atoms with Gasteiger partial charge in [0.1, 0.15) is 23.2 Å². The molecule has 118 valence electrons. The van der Waals surface area contributed by atoms with E-state index < -0.39 is 0 Å². The maximum absolute atomic E-state index is 13.4. The van der Waals surface area contributed by atoms with Crippen LogP contribution in [-0.4, -0.2) is 20.9 Å². The van der Waals surface area contributed by atoms with Crippen LogP contribution in [0.15, 0.2) is 63.2 Å². The van der Waals surface area contributed by atoms with Crippen molar-refractivity contribution in [2.45, 2.75) is 0 Å². The zero-order valence-electron chi connectivity index (χ0n) is 12.2. The maximum Gasteiger partial charge on any atom is 0.298 e. The lowest BCUT2D eigenvalue weighted by molar-refractivity contribution is 0.630. The molecule has 0 atom stereocenters. The van der Waals surface area contributed by atoms with E-state index in [0.29, 0.717) is 21.9 Å². The molecule has 0 saturated carbocycles. The van der Waals surface area contributed by atoms with Crippen molar-refractivity contribution in [2.24, 2.45) is 5.10 Å². The highest BCUT2D eigenvalue weighted by atomic mass is 79.9. The number of aromatic nitrogens is 3. The van der Waals surface area contributed by atoms with Gasteiger partial charge in [0.25, 0.3) is 5.56 Å². The van der Waals surface area contributed by atoms with Gasteiger partial charge in [0, 0.05) is 15.4 Å². The predicted molar refractivity (Wildman–Crippen MR) is 95.0 cm³/mol. The lowest BCUT2D eigenvalue weighted by Gasteiger charge is -1.98. The summed E-state index contributed by atoms with van der Waals surface area (Å²) in [6, 6.07) is 11.8. The van der Waals surface area contributed by atoms with Gasteiger partial charge >= 0.3 is 0 Å². The average molecular weight is 385 g/mol. The number of hydrogen-bond acceptors (Lipinski definition) is 3. The number of rotatable bonds is 2. The van der Waals surface area contributed by atoms with E-state index >= 15 is 0 Å². The van der Waals surface area contributed by atoms with Crippen LogP contribution in [0.4, 0.5) is 4.39 Å². The van der Waals surface area contributed by atoms with Crippen molar-refractivity contribution in [2.75, 3.05) is 0 Å². The van der Waals surface area contributed by atoms with Crippen LogP contribution in [0.1, 0.15) is 5.56 Å². The molecular formula is C17H10BrFN4O. The molecule has 5 nitrogen and oxygen atoms in total. The lowest BCUT2D eigenvalue weighted by Crippen LogP contribution is -2.17. The third-order valence-corrected chi connectivity index (χ3v) is 4.18. The van der Waals surface area contributed by atoms with E-state index in [1.165, 1.54) is 18.5 Å². The molecule has 0 unspecified atom stereocenters. The number of fused-ring (bicyclic) bond motifs is 3. The normalized spacial score (nSPS) is 11.8. The molecule has 0 aliphatic heterocycles. The smallest absolute Gasteiger partial charge is 0.298 e. The van der Waals surface area contributed by atoms with Crippen LogP contribution in [0.3, 0.4) is 0 Å². The van der Waals surface area contributed by atoms with Gasteiger partial charge in [-0.1, -0.05) is 28.1 Å². The van der Waals surface area contributed by atoms with Gasteiger partial charge < -0.3 is 4.98 Å². The van der Waals surface area contributed by atoms with Crippen molar-refractivity contribution >= 4 is 44.1 Å². The monoisotopic (exact) mass is 384 g/mol. The zero-order chi connectivity index (χ0) is 16.7. The third kappa shape index (κ3) is 2.52. The minimum Gasteiger partial charge on any atom is -0.349 e. The van der Waals surface area contributed by atoms with Gasteiger partial charge in [-0.25, -0.2) is 9.37 Å². The molecule has 7 heteroatoms. The summed E-state index contributed by atoms with van der Waals surface area (Å²) in [4.78, 5) is 19.8. The molecule has 0 aliphatic rings. The van der Waals surface area contributed by atoms with Gasteiger partial charge in [0.15, 0.2) is 0 Å². The first kappa shape index (κ1) is 14.8. The summed E-state index contributed by atoms with van der Waals surface area (Å²) in [7, 11) is 0. The Bertz CT molecular complexity index is 1150. The highest BCUT2D eigenvalue weighted by Gasteiger charge is 2.11. The average Bonchev–Trinajstić information content (AvgIpc) is 2.95. The van der Waals surface area contributed by atoms with E-state index in [9.17, 15) is 9.18 Å². The number of benzene rings is 2. The van der Waals surface area contributed by atoms with E-state index in [-0.39, 0.29) is 11.4 Å². The maximum atomic E-state index is 13.4. The number of H-pyrrole nitrogens is 1. The first-order valence-electron chi connectivity index (χ1n) is 7.10. The largest absolute Gasteiger partial charge is 0.349 e. The predicted octanol–water partition coefficient (Wildman–Crippen LogP) is 3.66. The minimum absolute atomic E-state index is 0.297. The van der Waals surface area contributed by atoms with E-state index in [4.69, 9.17) is 0 Å². The molecule has 0 amide bonds. The SMILES string of the molecule is O=c1c2[nH]c3ccc(F)cc3c2ncn1N=Cc1ccc(Br)cc1. The van der Waals surface area contributed by atoms with Crippen LogP contribution in [0.5, 0.6) is 0 Å². The molecule has 0 saturated heterocycles. The molecule has 0 spiro atoms. The highest BCUT2D eigenvalue weighted by Crippen LogP contribution is 2.22. The summed E-state index contributed by atoms with van der Waals surface area (Å²) >= 11 is 3.36. The van der Waals surface area contributed by atoms with E-state index in [1.54, 1.807) is 12.3 Å². The molecule has 0 radical (unpaired) electrons. The van der Waals surface area contributed by atoms with Gasteiger partial charge in [0.05, 0.1) is 6.21 Å². The topological polar surface area (TPSA) is 63.0 Å². The van der Waals surface area contributed by atoms with Gasteiger partial charge in [-0.15, -0.1) is 0 Å². The number of halogens is 2. The fraction of sp³-hybridized carbons (Fsp3) is 0. The van der Waals surface area contributed by atoms with E-state index in [1.807, 2.05) is 24.3 Å². The summed E-state index contributed by atoms with van der Waals surface area (Å²) in [6.07, 6.45) is 2.90. The van der Waals surface area contributed by atoms with Crippen molar-refractivity contribution in [3.8, 4) is 0 Å². The van der Waals surface area contributed by atoms with Crippen molar-refractivity contribution in [3.63, 3.8) is 0 Å². The number of aromatic amines is 1. The van der Waals surface area contributed by atoms with Gasteiger partial charge in [-0.3, -0.25) is 4.79 Å². The number of nitrogens with zero attached hydrogens (tertiary/aromatic N) is 3. The van der Waals surface area contributed by atoms with Gasteiger partial charge in [-0.2, -0.15) is 9.78 Å². The highest BCUT2D eigenvalue weighted by molar-refractivity contribution is 9.10. The van der Waals surface area contributed by atoms with Crippen molar-refractivity contribution in [1.29, 1.82) is 0 Å².